The highest BCUT2D eigenvalue weighted by Gasteiger charge is 2.46. The minimum Gasteiger partial charge on any atom is -0.490 e. The molecule has 0 radical (unpaired) electrons. The number of hydrogen-bond acceptors (Lipinski definition) is 7. The summed E-state index contributed by atoms with van der Waals surface area (Å²) in [6.45, 7) is 0. The molecule has 3 aromatic heterocycles. The summed E-state index contributed by atoms with van der Waals surface area (Å²) in [6, 6.07) is 7.67. The molecule has 2 atom stereocenters. The van der Waals surface area contributed by atoms with E-state index in [0.29, 0.717) is 11.4 Å². The number of fused-ring (bicyclic) bond motifs is 9. The number of carbonyl (C=O) groups is 1. The van der Waals surface area contributed by atoms with Crippen molar-refractivity contribution >= 4 is 11.6 Å². The highest BCUT2D eigenvalue weighted by molar-refractivity contribution is 5.98. The number of benzene rings is 1. The predicted octanol–water partition coefficient (Wildman–Crippen LogP) is 3.73. The van der Waals surface area contributed by atoms with E-state index in [2.05, 4.69) is 9.97 Å². The lowest BCUT2D eigenvalue weighted by Gasteiger charge is -2.36. The van der Waals surface area contributed by atoms with E-state index in [-0.39, 0.29) is 24.0 Å². The summed E-state index contributed by atoms with van der Waals surface area (Å²) in [5.41, 5.74) is 12.1. The maximum atomic E-state index is 13.5. The predicted molar refractivity (Wildman–Crippen MR) is 135 cm³/mol. The quantitative estimate of drug-likeness (QED) is 0.461. The van der Waals surface area contributed by atoms with Gasteiger partial charge in [-0.25, -0.2) is 19.5 Å². The van der Waals surface area contributed by atoms with E-state index >= 15 is 0 Å². The molecule has 2 fully saturated rings. The fourth-order valence-corrected chi connectivity index (χ4v) is 6.15. The molecular weight excluding hydrogens is 466 g/mol. The maximum absolute atomic E-state index is 13.5. The first-order chi connectivity index (χ1) is 18.0. The molecule has 2 N–H and O–H groups in total. The summed E-state index contributed by atoms with van der Waals surface area (Å²) in [7, 11) is 1.87. The Morgan fingerprint density at radius 3 is 2.65 bits per heavy atom. The molecule has 3 aliphatic carbocycles. The molecule has 4 aliphatic rings. The van der Waals surface area contributed by atoms with Gasteiger partial charge in [0.05, 0.1) is 29.1 Å². The number of hydrogen-bond donors (Lipinski definition) is 1. The molecule has 9 nitrogen and oxygen atoms in total. The molecule has 1 aliphatic heterocycles. The van der Waals surface area contributed by atoms with Crippen molar-refractivity contribution in [2.75, 3.05) is 7.05 Å². The van der Waals surface area contributed by atoms with Gasteiger partial charge in [0.2, 0.25) is 0 Å². The van der Waals surface area contributed by atoms with Crippen LogP contribution in [0.3, 0.4) is 0 Å². The van der Waals surface area contributed by atoms with Crippen molar-refractivity contribution in [2.24, 2.45) is 5.73 Å². The molecule has 1 amide bonds. The van der Waals surface area contributed by atoms with Crippen molar-refractivity contribution < 1.29 is 9.53 Å². The van der Waals surface area contributed by atoms with Gasteiger partial charge < -0.3 is 15.4 Å². The van der Waals surface area contributed by atoms with Gasteiger partial charge in [0.25, 0.3) is 5.91 Å². The van der Waals surface area contributed by atoms with Crippen molar-refractivity contribution in [3.8, 4) is 17.0 Å². The van der Waals surface area contributed by atoms with Crippen LogP contribution < -0.4 is 10.5 Å². The van der Waals surface area contributed by atoms with Crippen molar-refractivity contribution in [3.05, 3.63) is 71.1 Å². The summed E-state index contributed by atoms with van der Waals surface area (Å²) < 4.78 is 8.15. The molecule has 2 bridgehead atoms. The Morgan fingerprint density at radius 2 is 1.92 bits per heavy atom. The van der Waals surface area contributed by atoms with E-state index in [1.807, 2.05) is 59.3 Å². The normalized spacial score (nSPS) is 23.4. The average Bonchev–Trinajstić information content (AvgIpc) is 3.55. The third-order valence-electron chi connectivity index (χ3n) is 8.56. The zero-order valence-corrected chi connectivity index (χ0v) is 20.6. The second kappa shape index (κ2) is 7.35. The number of aromatic nitrogens is 5. The van der Waals surface area contributed by atoms with Gasteiger partial charge in [-0.3, -0.25) is 4.79 Å². The molecule has 2 saturated carbocycles. The lowest BCUT2D eigenvalue weighted by Crippen LogP contribution is -2.44. The van der Waals surface area contributed by atoms with Crippen LogP contribution in [0.1, 0.15) is 83.5 Å². The number of rotatable bonds is 4. The lowest BCUT2D eigenvalue weighted by molar-refractivity contribution is 0.0734. The Bertz CT molecular complexity index is 1590. The minimum absolute atomic E-state index is 0.0153. The number of ether oxygens (including phenoxy) is 1. The second-order valence-corrected chi connectivity index (χ2v) is 10.9. The number of nitrogens with two attached hydrogens (primary N) is 1. The molecule has 8 rings (SSSR count). The van der Waals surface area contributed by atoms with Crippen molar-refractivity contribution in [1.29, 1.82) is 0 Å². The van der Waals surface area contributed by atoms with Gasteiger partial charge in [0.15, 0.2) is 5.65 Å². The third-order valence-corrected chi connectivity index (χ3v) is 8.56. The van der Waals surface area contributed by atoms with Crippen molar-refractivity contribution in [1.82, 2.24) is 29.5 Å². The fourth-order valence-electron chi connectivity index (χ4n) is 6.15. The van der Waals surface area contributed by atoms with Gasteiger partial charge in [-0.05, 0) is 56.7 Å². The van der Waals surface area contributed by atoms with Gasteiger partial charge in [0.1, 0.15) is 11.6 Å². The molecule has 4 heterocycles. The number of amides is 1. The van der Waals surface area contributed by atoms with E-state index in [0.717, 1.165) is 78.0 Å². The molecule has 4 aromatic rings. The zero-order chi connectivity index (χ0) is 24.9. The molecule has 2 unspecified atom stereocenters. The molecule has 37 heavy (non-hydrogen) atoms. The molecular formula is C28H27N7O2. The topological polar surface area (TPSA) is 112 Å². The summed E-state index contributed by atoms with van der Waals surface area (Å²) in [4.78, 5) is 29.5. The second-order valence-electron chi connectivity index (χ2n) is 10.9. The first kappa shape index (κ1) is 21.3. The Hall–Kier alpha value is -3.85. The summed E-state index contributed by atoms with van der Waals surface area (Å²) >= 11 is 0. The lowest BCUT2D eigenvalue weighted by atomic mass is 9.77. The third kappa shape index (κ3) is 3.03. The van der Waals surface area contributed by atoms with Gasteiger partial charge in [-0.1, -0.05) is 6.07 Å². The SMILES string of the molecule is CN1C(=O)c2cccc(OC3CC3)c2C2CC1c1nn3ccc(-c4cnc(C5(N)CCC5)nc4)nc3c12. The van der Waals surface area contributed by atoms with Crippen LogP contribution >= 0.6 is 0 Å². The van der Waals surface area contributed by atoms with Crippen LogP contribution in [-0.4, -0.2) is 48.5 Å². The van der Waals surface area contributed by atoms with Crippen LogP contribution in [0.25, 0.3) is 16.9 Å². The van der Waals surface area contributed by atoms with Crippen LogP contribution in [0.2, 0.25) is 0 Å². The van der Waals surface area contributed by atoms with E-state index in [1.54, 1.807) is 0 Å². The van der Waals surface area contributed by atoms with Crippen LogP contribution in [0.15, 0.2) is 42.9 Å². The highest BCUT2D eigenvalue weighted by Crippen LogP contribution is 2.53. The van der Waals surface area contributed by atoms with Crippen LogP contribution in [0, 0.1) is 0 Å². The van der Waals surface area contributed by atoms with Gasteiger partial charge in [-0.2, -0.15) is 5.10 Å². The van der Waals surface area contributed by atoms with E-state index in [1.165, 1.54) is 0 Å². The van der Waals surface area contributed by atoms with Crippen LogP contribution in [-0.2, 0) is 5.54 Å². The number of carbonyl (C=O) groups excluding carboxylic acids is 1. The number of nitrogens with zero attached hydrogens (tertiary/aromatic N) is 6. The van der Waals surface area contributed by atoms with E-state index < -0.39 is 5.54 Å². The Balaban J connectivity index is 1.26. The first-order valence-electron chi connectivity index (χ1n) is 13.1. The van der Waals surface area contributed by atoms with Gasteiger partial charge in [-0.15, -0.1) is 0 Å². The Kier molecular flexibility index (Phi) is 4.22. The molecule has 0 saturated heterocycles. The smallest absolute Gasteiger partial charge is 0.254 e. The molecule has 1 aromatic carbocycles. The zero-order valence-electron chi connectivity index (χ0n) is 20.6. The molecule has 0 spiro atoms. The highest BCUT2D eigenvalue weighted by atomic mass is 16.5. The van der Waals surface area contributed by atoms with E-state index in [9.17, 15) is 4.79 Å². The van der Waals surface area contributed by atoms with Crippen molar-refractivity contribution in [2.45, 2.75) is 62.1 Å². The van der Waals surface area contributed by atoms with Gasteiger partial charge >= 0.3 is 0 Å². The summed E-state index contributed by atoms with van der Waals surface area (Å²) in [6.07, 6.45) is 11.7. The van der Waals surface area contributed by atoms with Crippen LogP contribution in [0.5, 0.6) is 5.75 Å². The minimum atomic E-state index is -0.394. The maximum Gasteiger partial charge on any atom is 0.254 e. The first-order valence-corrected chi connectivity index (χ1v) is 13.1. The standard InChI is InChI=1S/C28H27N7O2/c1-34-20-12-18(22-17(26(34)36)4-2-5-21(22)37-16-6-7-16)23-24(20)33-35-11-8-19(32-25(23)35)15-13-30-27(31-14-15)28(29)9-3-10-28/h2,4-5,8,11,13-14,16,18,20H,3,6-7,9-10,12,29H2,1H3. The molecule has 186 valence electrons. The van der Waals surface area contributed by atoms with E-state index in [4.69, 9.17) is 20.6 Å². The molecule has 9 heteroatoms. The monoisotopic (exact) mass is 493 g/mol. The summed E-state index contributed by atoms with van der Waals surface area (Å²) in [5, 5.41) is 4.91. The van der Waals surface area contributed by atoms with Crippen molar-refractivity contribution in [3.63, 3.8) is 0 Å². The van der Waals surface area contributed by atoms with Gasteiger partial charge in [0, 0.05) is 53.8 Å². The summed E-state index contributed by atoms with van der Waals surface area (Å²) in [5.74, 6) is 1.51. The largest absolute Gasteiger partial charge is 0.490 e. The Morgan fingerprint density at radius 1 is 1.11 bits per heavy atom. The Labute approximate surface area is 213 Å². The van der Waals surface area contributed by atoms with Crippen LogP contribution in [0.4, 0.5) is 0 Å². The average molecular weight is 494 g/mol. The fraction of sp³-hybridized carbons (Fsp3) is 0.393.